The molecule has 1 unspecified atom stereocenters. The van der Waals surface area contributed by atoms with Gasteiger partial charge in [0.2, 0.25) is 0 Å². The van der Waals surface area contributed by atoms with Gasteiger partial charge in [0.15, 0.2) is 0 Å². The number of pyridine rings is 1. The zero-order valence-electron chi connectivity index (χ0n) is 13.6. The third-order valence-corrected chi connectivity index (χ3v) is 5.57. The lowest BCUT2D eigenvalue weighted by Gasteiger charge is -2.28. The summed E-state index contributed by atoms with van der Waals surface area (Å²) in [7, 11) is 0. The highest BCUT2D eigenvalue weighted by Gasteiger charge is 2.31. The molecule has 0 fully saturated rings. The topological polar surface area (TPSA) is 48.0 Å². The summed E-state index contributed by atoms with van der Waals surface area (Å²) in [6.45, 7) is 5.55. The van der Waals surface area contributed by atoms with E-state index in [-0.39, 0.29) is 6.42 Å². The molecule has 1 N–H and O–H groups in total. The van der Waals surface area contributed by atoms with E-state index in [2.05, 4.69) is 25.6 Å². The lowest BCUT2D eigenvalue weighted by Crippen LogP contribution is -2.42. The monoisotopic (exact) mass is 416 g/mol. The second-order valence-electron chi connectivity index (χ2n) is 6.40. The third kappa shape index (κ3) is 5.24. The molecule has 2 atom stereocenters. The summed E-state index contributed by atoms with van der Waals surface area (Å²) in [6, 6.07) is 6.51. The Morgan fingerprint density at radius 1 is 1.25 bits per heavy atom. The SMILES string of the molecule is CC(C)(C)[S@+]([O-])NC(Cc1cc(F)cc(F)c1)c1ncccc1Br. The molecular formula is C17H19BrF2N2OS. The number of benzene rings is 1. The molecule has 1 heterocycles. The third-order valence-electron chi connectivity index (χ3n) is 3.28. The largest absolute Gasteiger partial charge is 0.598 e. The lowest BCUT2D eigenvalue weighted by atomic mass is 10.0. The van der Waals surface area contributed by atoms with Crippen LogP contribution in [0.1, 0.15) is 38.1 Å². The van der Waals surface area contributed by atoms with Gasteiger partial charge in [-0.3, -0.25) is 4.98 Å². The predicted octanol–water partition coefficient (Wildman–Crippen LogP) is 4.46. The minimum atomic E-state index is -1.36. The molecule has 1 aromatic carbocycles. The van der Waals surface area contributed by atoms with Crippen LogP contribution in [0.25, 0.3) is 0 Å². The van der Waals surface area contributed by atoms with Gasteiger partial charge in [0.05, 0.1) is 11.7 Å². The van der Waals surface area contributed by atoms with Crippen LogP contribution in [-0.4, -0.2) is 14.3 Å². The summed E-state index contributed by atoms with van der Waals surface area (Å²) in [4.78, 5) is 4.32. The highest BCUT2D eigenvalue weighted by Crippen LogP contribution is 2.27. The molecule has 0 radical (unpaired) electrons. The Balaban J connectivity index is 2.34. The van der Waals surface area contributed by atoms with Crippen LogP contribution in [0, 0.1) is 11.6 Å². The molecule has 0 amide bonds. The molecule has 2 rings (SSSR count). The smallest absolute Gasteiger partial charge is 0.136 e. The van der Waals surface area contributed by atoms with Gasteiger partial charge in [0.25, 0.3) is 0 Å². The normalized spacial score (nSPS) is 14.5. The first-order valence-corrected chi connectivity index (χ1v) is 9.34. The zero-order chi connectivity index (χ0) is 17.9. The van der Waals surface area contributed by atoms with Crippen molar-refractivity contribution >= 4 is 27.3 Å². The van der Waals surface area contributed by atoms with Crippen LogP contribution in [0.4, 0.5) is 8.78 Å². The van der Waals surface area contributed by atoms with E-state index in [1.54, 1.807) is 12.3 Å². The number of nitrogens with one attached hydrogen (secondary N) is 1. The van der Waals surface area contributed by atoms with Crippen molar-refractivity contribution in [1.29, 1.82) is 0 Å². The van der Waals surface area contributed by atoms with Crippen molar-refractivity contribution in [3.05, 3.63) is 63.9 Å². The second kappa shape index (κ2) is 7.91. The van der Waals surface area contributed by atoms with Gasteiger partial charge < -0.3 is 4.55 Å². The van der Waals surface area contributed by atoms with E-state index in [1.165, 1.54) is 12.1 Å². The molecule has 0 aliphatic rings. The number of hydrogen-bond donors (Lipinski definition) is 1. The first-order valence-electron chi connectivity index (χ1n) is 7.40. The van der Waals surface area contributed by atoms with Gasteiger partial charge in [0.1, 0.15) is 16.4 Å². The number of halogens is 3. The van der Waals surface area contributed by atoms with Gasteiger partial charge in [-0.25, -0.2) is 8.78 Å². The average Bonchev–Trinajstić information content (AvgIpc) is 2.45. The van der Waals surface area contributed by atoms with Crippen molar-refractivity contribution < 1.29 is 13.3 Å². The molecule has 2 aromatic rings. The minimum Gasteiger partial charge on any atom is -0.598 e. The van der Waals surface area contributed by atoms with E-state index in [1.807, 2.05) is 26.8 Å². The Labute approximate surface area is 152 Å². The van der Waals surface area contributed by atoms with Gasteiger partial charge in [-0.2, -0.15) is 0 Å². The van der Waals surface area contributed by atoms with Crippen molar-refractivity contribution in [3.8, 4) is 0 Å². The summed E-state index contributed by atoms with van der Waals surface area (Å²) >= 11 is 2.07. The quantitative estimate of drug-likeness (QED) is 0.731. The summed E-state index contributed by atoms with van der Waals surface area (Å²) in [5.74, 6) is -1.28. The van der Waals surface area contributed by atoms with Crippen molar-refractivity contribution in [2.45, 2.75) is 38.0 Å². The lowest BCUT2D eigenvalue weighted by molar-refractivity contribution is 0.516. The van der Waals surface area contributed by atoms with Crippen molar-refractivity contribution in [2.24, 2.45) is 0 Å². The molecule has 0 aliphatic heterocycles. The van der Waals surface area contributed by atoms with E-state index in [0.717, 1.165) is 10.5 Å². The molecule has 0 saturated carbocycles. The van der Waals surface area contributed by atoms with Crippen molar-refractivity contribution in [3.63, 3.8) is 0 Å². The highest BCUT2D eigenvalue weighted by molar-refractivity contribution is 9.10. The van der Waals surface area contributed by atoms with Gasteiger partial charge in [0, 0.05) is 28.1 Å². The van der Waals surface area contributed by atoms with E-state index in [9.17, 15) is 13.3 Å². The number of nitrogens with zero attached hydrogens (tertiary/aromatic N) is 1. The highest BCUT2D eigenvalue weighted by atomic mass is 79.9. The Kier molecular flexibility index (Phi) is 6.36. The molecule has 0 saturated heterocycles. The maximum Gasteiger partial charge on any atom is 0.136 e. The van der Waals surface area contributed by atoms with Crippen LogP contribution in [0.2, 0.25) is 0 Å². The maximum absolute atomic E-state index is 13.5. The maximum atomic E-state index is 13.5. The summed E-state index contributed by atoms with van der Waals surface area (Å²) in [5, 5.41) is 0. The molecular weight excluding hydrogens is 398 g/mol. The summed E-state index contributed by atoms with van der Waals surface area (Å²) < 4.78 is 42.7. The standard InChI is InChI=1S/C17H19BrF2N2OS/c1-17(2,3)24(23)22-15(16-14(18)5-4-6-21-16)9-11-7-12(19)10-13(20)8-11/h4-8,10,15,22H,9H2,1-3H3/t15?,24-/m0/s1. The zero-order valence-corrected chi connectivity index (χ0v) is 16.0. The fraction of sp³-hybridized carbons (Fsp3) is 0.353. The molecule has 7 heteroatoms. The van der Waals surface area contributed by atoms with Gasteiger partial charge >= 0.3 is 0 Å². The first kappa shape index (κ1) is 19.3. The van der Waals surface area contributed by atoms with E-state index >= 15 is 0 Å². The van der Waals surface area contributed by atoms with Gasteiger partial charge in [-0.05, 0) is 73.0 Å². The van der Waals surface area contributed by atoms with E-state index < -0.39 is 33.8 Å². The molecule has 0 spiro atoms. The molecule has 0 bridgehead atoms. The Morgan fingerprint density at radius 3 is 2.42 bits per heavy atom. The van der Waals surface area contributed by atoms with Gasteiger partial charge in [-0.15, -0.1) is 4.72 Å². The number of rotatable bonds is 5. The molecule has 1 aromatic heterocycles. The minimum absolute atomic E-state index is 0.256. The van der Waals surface area contributed by atoms with Crippen LogP contribution < -0.4 is 4.72 Å². The Morgan fingerprint density at radius 2 is 1.88 bits per heavy atom. The van der Waals surface area contributed by atoms with Crippen LogP contribution in [0.3, 0.4) is 0 Å². The molecule has 0 aliphatic carbocycles. The molecule has 3 nitrogen and oxygen atoms in total. The van der Waals surface area contributed by atoms with Crippen LogP contribution in [0.15, 0.2) is 41.0 Å². The first-order chi connectivity index (χ1) is 11.2. The van der Waals surface area contributed by atoms with Gasteiger partial charge in [-0.1, -0.05) is 0 Å². The Bertz CT molecular complexity index is 689. The van der Waals surface area contributed by atoms with Crippen molar-refractivity contribution in [1.82, 2.24) is 9.71 Å². The predicted molar refractivity (Wildman–Crippen MR) is 95.8 cm³/mol. The van der Waals surface area contributed by atoms with Crippen LogP contribution >= 0.6 is 15.9 Å². The van der Waals surface area contributed by atoms with Crippen LogP contribution in [-0.2, 0) is 17.8 Å². The van der Waals surface area contributed by atoms with E-state index in [0.29, 0.717) is 11.3 Å². The summed E-state index contributed by atoms with van der Waals surface area (Å²) in [5.41, 5.74) is 1.10. The summed E-state index contributed by atoms with van der Waals surface area (Å²) in [6.07, 6.45) is 1.88. The Hall–Kier alpha value is -1.02. The number of hydrogen-bond acceptors (Lipinski definition) is 3. The second-order valence-corrected chi connectivity index (χ2v) is 9.26. The number of aromatic nitrogens is 1. The fourth-order valence-electron chi connectivity index (χ4n) is 2.12. The van der Waals surface area contributed by atoms with Crippen LogP contribution in [0.5, 0.6) is 0 Å². The molecule has 130 valence electrons. The van der Waals surface area contributed by atoms with E-state index in [4.69, 9.17) is 0 Å². The molecule has 24 heavy (non-hydrogen) atoms. The fourth-order valence-corrected chi connectivity index (χ4v) is 3.46. The average molecular weight is 417 g/mol. The van der Waals surface area contributed by atoms with Crippen molar-refractivity contribution in [2.75, 3.05) is 0 Å².